The Morgan fingerprint density at radius 3 is 2.53 bits per heavy atom. The van der Waals surface area contributed by atoms with Crippen LogP contribution in [0.2, 0.25) is 0 Å². The van der Waals surface area contributed by atoms with Gasteiger partial charge in [0.25, 0.3) is 0 Å². The molecule has 0 aliphatic heterocycles. The third kappa shape index (κ3) is 2.57. The van der Waals surface area contributed by atoms with Crippen molar-refractivity contribution in [1.29, 1.82) is 0 Å². The van der Waals surface area contributed by atoms with E-state index in [1.54, 1.807) is 0 Å². The van der Waals surface area contributed by atoms with Crippen LogP contribution < -0.4 is 0 Å². The molecule has 0 saturated heterocycles. The van der Waals surface area contributed by atoms with Gasteiger partial charge < -0.3 is 9.84 Å². The lowest BCUT2D eigenvalue weighted by molar-refractivity contribution is -0.151. The number of esters is 1. The molecule has 0 radical (unpaired) electrons. The molecular weight excluding hydrogens is 192 g/mol. The van der Waals surface area contributed by atoms with Gasteiger partial charge in [0.15, 0.2) is 6.10 Å². The van der Waals surface area contributed by atoms with Gasteiger partial charge >= 0.3 is 5.97 Å². The zero-order chi connectivity index (χ0) is 11.4. The molecule has 82 valence electrons. The average Bonchev–Trinajstić information content (AvgIpc) is 2.26. The minimum atomic E-state index is -1.10. The van der Waals surface area contributed by atoms with Crippen LogP contribution in [0.1, 0.15) is 24.0 Å². The van der Waals surface area contributed by atoms with Crippen molar-refractivity contribution in [3.63, 3.8) is 0 Å². The van der Waals surface area contributed by atoms with Gasteiger partial charge in [0.1, 0.15) is 0 Å². The summed E-state index contributed by atoms with van der Waals surface area (Å²) in [5.74, 6) is -0.843. The highest BCUT2D eigenvalue weighted by molar-refractivity contribution is 5.75. The molecule has 1 N–H and O–H groups in total. The second kappa shape index (κ2) is 4.94. The second-order valence-corrected chi connectivity index (χ2v) is 3.61. The summed E-state index contributed by atoms with van der Waals surface area (Å²) in [5, 5.41) is 9.69. The molecule has 1 aromatic rings. The molecule has 2 atom stereocenters. The fraction of sp³-hybridized carbons (Fsp3) is 0.417. The second-order valence-electron chi connectivity index (χ2n) is 3.61. The Balaban J connectivity index is 2.89. The normalized spacial score (nSPS) is 14.4. The first-order chi connectivity index (χ1) is 7.07. The van der Waals surface area contributed by atoms with Crippen molar-refractivity contribution in [2.24, 2.45) is 0 Å². The third-order valence-electron chi connectivity index (χ3n) is 2.60. The Kier molecular flexibility index (Phi) is 3.86. The number of hydrogen-bond acceptors (Lipinski definition) is 3. The van der Waals surface area contributed by atoms with Crippen LogP contribution in [-0.4, -0.2) is 24.3 Å². The van der Waals surface area contributed by atoms with Crippen LogP contribution in [0.3, 0.4) is 0 Å². The van der Waals surface area contributed by atoms with Crippen LogP contribution >= 0.6 is 0 Å². The Labute approximate surface area is 89.7 Å². The molecule has 2 unspecified atom stereocenters. The number of aliphatic hydroxyl groups excluding tert-OH is 1. The molecule has 0 bridgehead atoms. The quantitative estimate of drug-likeness (QED) is 0.768. The monoisotopic (exact) mass is 208 g/mol. The van der Waals surface area contributed by atoms with Crippen molar-refractivity contribution in [2.75, 3.05) is 7.11 Å². The Morgan fingerprint density at radius 1 is 1.40 bits per heavy atom. The Morgan fingerprint density at radius 2 is 2.00 bits per heavy atom. The molecule has 0 spiro atoms. The minimum absolute atomic E-state index is 0.251. The fourth-order valence-corrected chi connectivity index (χ4v) is 1.59. The molecule has 3 nitrogen and oxygen atoms in total. The zero-order valence-corrected chi connectivity index (χ0v) is 9.23. The van der Waals surface area contributed by atoms with Crippen LogP contribution in [0, 0.1) is 6.92 Å². The van der Waals surface area contributed by atoms with E-state index in [4.69, 9.17) is 0 Å². The lowest BCUT2D eigenvalue weighted by Gasteiger charge is -2.18. The average molecular weight is 208 g/mol. The SMILES string of the molecule is COC(=O)C(O)C(C)c1ccccc1C. The highest BCUT2D eigenvalue weighted by Crippen LogP contribution is 2.22. The van der Waals surface area contributed by atoms with Crippen LogP contribution in [0.25, 0.3) is 0 Å². The van der Waals surface area contributed by atoms with E-state index in [9.17, 15) is 9.90 Å². The molecule has 3 heteroatoms. The van der Waals surface area contributed by atoms with E-state index in [2.05, 4.69) is 4.74 Å². The number of carbonyl (C=O) groups is 1. The van der Waals surface area contributed by atoms with E-state index >= 15 is 0 Å². The molecular formula is C12H16O3. The van der Waals surface area contributed by atoms with E-state index < -0.39 is 12.1 Å². The van der Waals surface area contributed by atoms with Crippen LogP contribution in [0.15, 0.2) is 24.3 Å². The molecule has 0 heterocycles. The van der Waals surface area contributed by atoms with Gasteiger partial charge in [0, 0.05) is 5.92 Å². The van der Waals surface area contributed by atoms with Crippen molar-refractivity contribution < 1.29 is 14.6 Å². The number of ether oxygens (including phenoxy) is 1. The van der Waals surface area contributed by atoms with Crippen LogP contribution in [0.5, 0.6) is 0 Å². The van der Waals surface area contributed by atoms with Gasteiger partial charge in [-0.2, -0.15) is 0 Å². The highest BCUT2D eigenvalue weighted by Gasteiger charge is 2.25. The predicted octanol–water partition coefficient (Wildman–Crippen LogP) is 1.63. The molecule has 1 rings (SSSR count). The lowest BCUT2D eigenvalue weighted by Crippen LogP contribution is -2.27. The van der Waals surface area contributed by atoms with Gasteiger partial charge in [0.2, 0.25) is 0 Å². The molecule has 0 aliphatic rings. The summed E-state index contributed by atoms with van der Waals surface area (Å²) < 4.78 is 4.51. The lowest BCUT2D eigenvalue weighted by atomic mass is 9.92. The number of rotatable bonds is 3. The fourth-order valence-electron chi connectivity index (χ4n) is 1.59. The van der Waals surface area contributed by atoms with E-state index in [-0.39, 0.29) is 5.92 Å². The smallest absolute Gasteiger partial charge is 0.335 e. The molecule has 0 aromatic heterocycles. The van der Waals surface area contributed by atoms with E-state index in [0.29, 0.717) is 0 Å². The number of carbonyl (C=O) groups excluding carboxylic acids is 1. The zero-order valence-electron chi connectivity index (χ0n) is 9.23. The molecule has 0 amide bonds. The van der Waals surface area contributed by atoms with Crippen LogP contribution in [-0.2, 0) is 9.53 Å². The number of benzene rings is 1. The molecule has 0 aliphatic carbocycles. The summed E-state index contributed by atoms with van der Waals surface area (Å²) in [5.41, 5.74) is 2.03. The first-order valence-corrected chi connectivity index (χ1v) is 4.89. The van der Waals surface area contributed by atoms with Gasteiger partial charge in [-0.1, -0.05) is 31.2 Å². The maximum atomic E-state index is 11.2. The highest BCUT2D eigenvalue weighted by atomic mass is 16.5. The van der Waals surface area contributed by atoms with Gasteiger partial charge in [0.05, 0.1) is 7.11 Å². The summed E-state index contributed by atoms with van der Waals surface area (Å²) in [7, 11) is 1.27. The van der Waals surface area contributed by atoms with Crippen molar-refractivity contribution in [1.82, 2.24) is 0 Å². The summed E-state index contributed by atoms with van der Waals surface area (Å²) in [6.45, 7) is 3.76. The number of aryl methyl sites for hydroxylation is 1. The first-order valence-electron chi connectivity index (χ1n) is 4.89. The third-order valence-corrected chi connectivity index (χ3v) is 2.60. The van der Waals surface area contributed by atoms with Gasteiger partial charge in [-0.3, -0.25) is 0 Å². The van der Waals surface area contributed by atoms with Gasteiger partial charge in [-0.15, -0.1) is 0 Å². The summed E-state index contributed by atoms with van der Waals surface area (Å²) >= 11 is 0. The van der Waals surface area contributed by atoms with E-state index in [0.717, 1.165) is 11.1 Å². The molecule has 1 aromatic carbocycles. The van der Waals surface area contributed by atoms with Crippen molar-refractivity contribution in [3.8, 4) is 0 Å². The van der Waals surface area contributed by atoms with Crippen molar-refractivity contribution in [2.45, 2.75) is 25.9 Å². The number of hydrogen-bond donors (Lipinski definition) is 1. The first kappa shape index (κ1) is 11.7. The molecule has 0 saturated carbocycles. The minimum Gasteiger partial charge on any atom is -0.467 e. The van der Waals surface area contributed by atoms with Crippen LogP contribution in [0.4, 0.5) is 0 Å². The Bertz CT molecular complexity index is 346. The predicted molar refractivity (Wildman–Crippen MR) is 57.6 cm³/mol. The van der Waals surface area contributed by atoms with Crippen molar-refractivity contribution >= 4 is 5.97 Å². The summed E-state index contributed by atoms with van der Waals surface area (Å²) in [6.07, 6.45) is -1.10. The van der Waals surface area contributed by atoms with Gasteiger partial charge in [-0.05, 0) is 18.1 Å². The Hall–Kier alpha value is -1.35. The number of aliphatic hydroxyl groups is 1. The molecule has 0 fully saturated rings. The number of methoxy groups -OCH3 is 1. The van der Waals surface area contributed by atoms with Gasteiger partial charge in [-0.25, -0.2) is 4.79 Å². The maximum Gasteiger partial charge on any atom is 0.335 e. The maximum absolute atomic E-state index is 11.2. The van der Waals surface area contributed by atoms with E-state index in [1.165, 1.54) is 7.11 Å². The standard InChI is InChI=1S/C12H16O3/c1-8-6-4-5-7-10(8)9(2)11(13)12(14)15-3/h4-7,9,11,13H,1-3H3. The largest absolute Gasteiger partial charge is 0.467 e. The molecule has 15 heavy (non-hydrogen) atoms. The topological polar surface area (TPSA) is 46.5 Å². The summed E-state index contributed by atoms with van der Waals surface area (Å²) in [4.78, 5) is 11.2. The van der Waals surface area contributed by atoms with E-state index in [1.807, 2.05) is 38.1 Å². The summed E-state index contributed by atoms with van der Waals surface area (Å²) in [6, 6.07) is 7.68. The van der Waals surface area contributed by atoms with Crippen molar-refractivity contribution in [3.05, 3.63) is 35.4 Å².